The van der Waals surface area contributed by atoms with Gasteiger partial charge in [-0.2, -0.15) is 0 Å². The van der Waals surface area contributed by atoms with Crippen molar-refractivity contribution in [1.82, 2.24) is 10.9 Å². The standard InChI is InChI=1S/C20H24N2O4/c23-17(21-22-19(24)14-4-2-1-3-5-14)11-26-20(25)18-15-7-12-6-13(9-15)10-16(18)8-12/h1-5,12-13,15-16,18H,6-11H2,(H,21,23)(H,22,24). The molecule has 138 valence electrons. The summed E-state index contributed by atoms with van der Waals surface area (Å²) in [4.78, 5) is 36.2. The van der Waals surface area contributed by atoms with Crippen molar-refractivity contribution in [2.24, 2.45) is 29.6 Å². The molecule has 0 aliphatic heterocycles. The maximum Gasteiger partial charge on any atom is 0.310 e. The van der Waals surface area contributed by atoms with Crippen LogP contribution in [-0.2, 0) is 14.3 Å². The van der Waals surface area contributed by atoms with Gasteiger partial charge < -0.3 is 4.74 Å². The first-order valence-electron chi connectivity index (χ1n) is 9.41. The number of nitrogens with one attached hydrogen (secondary N) is 2. The minimum absolute atomic E-state index is 0.0468. The quantitative estimate of drug-likeness (QED) is 0.639. The van der Waals surface area contributed by atoms with Gasteiger partial charge in [-0.25, -0.2) is 0 Å². The highest BCUT2D eigenvalue weighted by Crippen LogP contribution is 2.56. The van der Waals surface area contributed by atoms with Crippen LogP contribution in [0.3, 0.4) is 0 Å². The highest BCUT2D eigenvalue weighted by atomic mass is 16.5. The Morgan fingerprint density at radius 2 is 1.50 bits per heavy atom. The van der Waals surface area contributed by atoms with Gasteiger partial charge in [0.15, 0.2) is 6.61 Å². The minimum Gasteiger partial charge on any atom is -0.455 e. The van der Waals surface area contributed by atoms with Crippen LogP contribution in [0.25, 0.3) is 0 Å². The summed E-state index contributed by atoms with van der Waals surface area (Å²) in [5, 5.41) is 0. The SMILES string of the molecule is O=C(COC(=O)C1C2CC3CC(C2)CC1C3)NNC(=O)c1ccccc1. The third kappa shape index (κ3) is 3.45. The van der Waals surface area contributed by atoms with Crippen LogP contribution in [0, 0.1) is 29.6 Å². The summed E-state index contributed by atoms with van der Waals surface area (Å²) in [5.74, 6) is 1.20. The van der Waals surface area contributed by atoms with E-state index in [1.54, 1.807) is 30.3 Å². The Hall–Kier alpha value is -2.37. The minimum atomic E-state index is -0.536. The second-order valence-corrected chi connectivity index (χ2v) is 7.93. The summed E-state index contributed by atoms with van der Waals surface area (Å²) < 4.78 is 5.27. The van der Waals surface area contributed by atoms with Crippen molar-refractivity contribution in [2.45, 2.75) is 32.1 Å². The van der Waals surface area contributed by atoms with E-state index in [0.717, 1.165) is 37.5 Å². The molecule has 0 unspecified atom stereocenters. The number of carbonyl (C=O) groups is 3. The van der Waals surface area contributed by atoms with Crippen LogP contribution in [0.1, 0.15) is 42.5 Å². The van der Waals surface area contributed by atoms with E-state index < -0.39 is 11.8 Å². The molecule has 4 aliphatic carbocycles. The molecule has 1 aromatic carbocycles. The van der Waals surface area contributed by atoms with Crippen LogP contribution in [0.15, 0.2) is 30.3 Å². The molecule has 0 aromatic heterocycles. The van der Waals surface area contributed by atoms with E-state index in [4.69, 9.17) is 4.74 Å². The summed E-state index contributed by atoms with van der Waals surface area (Å²) >= 11 is 0. The number of hydrazine groups is 1. The molecule has 2 amide bonds. The number of ether oxygens (including phenoxy) is 1. The lowest BCUT2D eigenvalue weighted by Crippen LogP contribution is -2.49. The van der Waals surface area contributed by atoms with E-state index in [1.165, 1.54) is 6.42 Å². The molecule has 4 bridgehead atoms. The van der Waals surface area contributed by atoms with Crippen LogP contribution in [0.2, 0.25) is 0 Å². The molecule has 6 nitrogen and oxygen atoms in total. The Morgan fingerprint density at radius 1 is 0.885 bits per heavy atom. The molecule has 4 aliphatic rings. The number of amides is 2. The van der Waals surface area contributed by atoms with Crippen LogP contribution in [0.5, 0.6) is 0 Å². The zero-order valence-electron chi connectivity index (χ0n) is 14.6. The van der Waals surface area contributed by atoms with E-state index in [-0.39, 0.29) is 18.5 Å². The van der Waals surface area contributed by atoms with Gasteiger partial charge in [0.25, 0.3) is 11.8 Å². The lowest BCUT2D eigenvalue weighted by atomic mass is 9.52. The average Bonchev–Trinajstić information content (AvgIpc) is 2.64. The maximum atomic E-state index is 12.5. The van der Waals surface area contributed by atoms with E-state index >= 15 is 0 Å². The Morgan fingerprint density at radius 3 is 2.12 bits per heavy atom. The van der Waals surface area contributed by atoms with Crippen molar-refractivity contribution in [2.75, 3.05) is 6.61 Å². The lowest BCUT2D eigenvalue weighted by molar-refractivity contribution is -0.164. The Bertz CT molecular complexity index is 675. The topological polar surface area (TPSA) is 84.5 Å². The molecular formula is C20H24N2O4. The normalized spacial score (nSPS) is 31.3. The van der Waals surface area contributed by atoms with E-state index in [1.807, 2.05) is 0 Å². The summed E-state index contributed by atoms with van der Waals surface area (Å²) in [5.41, 5.74) is 5.05. The molecule has 6 heteroatoms. The highest BCUT2D eigenvalue weighted by molar-refractivity contribution is 5.95. The van der Waals surface area contributed by atoms with Crippen LogP contribution in [-0.4, -0.2) is 24.4 Å². The molecule has 0 heterocycles. The van der Waals surface area contributed by atoms with Crippen molar-refractivity contribution >= 4 is 17.8 Å². The maximum absolute atomic E-state index is 12.5. The van der Waals surface area contributed by atoms with Gasteiger partial charge >= 0.3 is 5.97 Å². The predicted octanol–water partition coefficient (Wildman–Crippen LogP) is 2.06. The number of hydrogen-bond donors (Lipinski definition) is 2. The van der Waals surface area contributed by atoms with Gasteiger partial charge in [0.1, 0.15) is 0 Å². The Balaban J connectivity index is 1.23. The van der Waals surface area contributed by atoms with E-state index in [0.29, 0.717) is 17.4 Å². The molecule has 5 rings (SSSR count). The van der Waals surface area contributed by atoms with Gasteiger partial charge in [0.05, 0.1) is 5.92 Å². The van der Waals surface area contributed by atoms with Gasteiger partial charge in [0, 0.05) is 5.56 Å². The smallest absolute Gasteiger partial charge is 0.310 e. The molecular weight excluding hydrogens is 332 g/mol. The molecule has 0 radical (unpaired) electrons. The first-order valence-corrected chi connectivity index (χ1v) is 9.41. The number of hydrogen-bond acceptors (Lipinski definition) is 4. The number of benzene rings is 1. The molecule has 2 N–H and O–H groups in total. The molecule has 0 atom stereocenters. The first-order chi connectivity index (χ1) is 12.6. The fourth-order valence-electron chi connectivity index (χ4n) is 5.37. The zero-order valence-corrected chi connectivity index (χ0v) is 14.6. The summed E-state index contributed by atoms with van der Waals surface area (Å²) in [6.07, 6.45) is 5.86. The zero-order chi connectivity index (χ0) is 18.1. The largest absolute Gasteiger partial charge is 0.455 e. The number of carbonyl (C=O) groups excluding carboxylic acids is 3. The first kappa shape index (κ1) is 17.1. The third-order valence-corrected chi connectivity index (χ3v) is 6.20. The lowest BCUT2D eigenvalue weighted by Gasteiger charge is -2.53. The van der Waals surface area contributed by atoms with E-state index in [2.05, 4.69) is 10.9 Å². The Labute approximate surface area is 152 Å². The van der Waals surface area contributed by atoms with Crippen molar-refractivity contribution in [1.29, 1.82) is 0 Å². The molecule has 0 spiro atoms. The van der Waals surface area contributed by atoms with Crippen molar-refractivity contribution in [3.05, 3.63) is 35.9 Å². The second-order valence-electron chi connectivity index (χ2n) is 7.93. The Kier molecular flexibility index (Phi) is 4.66. The molecule has 1 aromatic rings. The summed E-state index contributed by atoms with van der Waals surface area (Å²) in [6.45, 7) is -0.364. The average molecular weight is 356 g/mol. The fraction of sp³-hybridized carbons (Fsp3) is 0.550. The number of esters is 1. The van der Waals surface area contributed by atoms with Crippen LogP contribution < -0.4 is 10.9 Å². The van der Waals surface area contributed by atoms with Gasteiger partial charge in [-0.05, 0) is 67.9 Å². The van der Waals surface area contributed by atoms with Gasteiger partial charge in [-0.3, -0.25) is 25.2 Å². The van der Waals surface area contributed by atoms with Crippen LogP contribution in [0.4, 0.5) is 0 Å². The third-order valence-electron chi connectivity index (χ3n) is 6.20. The summed E-state index contributed by atoms with van der Waals surface area (Å²) in [6, 6.07) is 8.58. The van der Waals surface area contributed by atoms with E-state index in [9.17, 15) is 14.4 Å². The molecule has 26 heavy (non-hydrogen) atoms. The van der Waals surface area contributed by atoms with Gasteiger partial charge in [0.2, 0.25) is 0 Å². The van der Waals surface area contributed by atoms with Gasteiger partial charge in [-0.15, -0.1) is 0 Å². The predicted molar refractivity (Wildman–Crippen MR) is 93.5 cm³/mol. The molecule has 4 saturated carbocycles. The fourth-order valence-corrected chi connectivity index (χ4v) is 5.37. The monoisotopic (exact) mass is 356 g/mol. The molecule has 0 saturated heterocycles. The van der Waals surface area contributed by atoms with Crippen molar-refractivity contribution in [3.8, 4) is 0 Å². The number of rotatable bonds is 4. The second kappa shape index (κ2) is 7.09. The summed E-state index contributed by atoms with van der Waals surface area (Å²) in [7, 11) is 0. The van der Waals surface area contributed by atoms with Gasteiger partial charge in [-0.1, -0.05) is 18.2 Å². The highest BCUT2D eigenvalue weighted by Gasteiger charge is 2.51. The molecule has 4 fully saturated rings. The van der Waals surface area contributed by atoms with Crippen molar-refractivity contribution < 1.29 is 19.1 Å². The van der Waals surface area contributed by atoms with Crippen LogP contribution >= 0.6 is 0 Å². The van der Waals surface area contributed by atoms with Crippen molar-refractivity contribution in [3.63, 3.8) is 0 Å².